The van der Waals surface area contributed by atoms with Crippen LogP contribution in [0.25, 0.3) is 0 Å². The maximum Gasteiger partial charge on any atom is 0.254 e. The first kappa shape index (κ1) is 13.0. The molecular formula is C16H20N2O3. The molecule has 0 bridgehead atoms. The number of nitrogens with zero attached hydrogens (tertiary/aromatic N) is 2. The van der Waals surface area contributed by atoms with E-state index in [1.807, 2.05) is 17.0 Å². The van der Waals surface area contributed by atoms with Gasteiger partial charge >= 0.3 is 0 Å². The fraction of sp³-hybridized carbons (Fsp3) is 0.562. The van der Waals surface area contributed by atoms with Crippen molar-refractivity contribution in [2.45, 2.75) is 25.3 Å². The Morgan fingerprint density at radius 3 is 2.76 bits per heavy atom. The van der Waals surface area contributed by atoms with Gasteiger partial charge in [-0.1, -0.05) is 0 Å². The number of ether oxygens (including phenoxy) is 2. The summed E-state index contributed by atoms with van der Waals surface area (Å²) in [5, 5.41) is 0. The van der Waals surface area contributed by atoms with Crippen molar-refractivity contribution < 1.29 is 14.3 Å². The fourth-order valence-electron chi connectivity index (χ4n) is 3.54. The van der Waals surface area contributed by atoms with Crippen LogP contribution < -0.4 is 9.47 Å². The van der Waals surface area contributed by atoms with E-state index in [4.69, 9.17) is 9.47 Å². The highest BCUT2D eigenvalue weighted by atomic mass is 16.7. The van der Waals surface area contributed by atoms with E-state index in [0.717, 1.165) is 25.3 Å². The zero-order chi connectivity index (χ0) is 14.2. The van der Waals surface area contributed by atoms with E-state index in [1.165, 1.54) is 25.9 Å². The Bertz CT molecular complexity index is 554. The molecule has 1 unspecified atom stereocenters. The number of rotatable bonds is 2. The molecule has 3 aliphatic heterocycles. The zero-order valence-electron chi connectivity index (χ0n) is 12.1. The molecule has 1 atom stereocenters. The van der Waals surface area contributed by atoms with Crippen LogP contribution in [0.15, 0.2) is 18.2 Å². The molecule has 1 aromatic carbocycles. The minimum Gasteiger partial charge on any atom is -0.454 e. The van der Waals surface area contributed by atoms with Crippen molar-refractivity contribution in [3.8, 4) is 11.5 Å². The highest BCUT2D eigenvalue weighted by molar-refractivity contribution is 5.95. The summed E-state index contributed by atoms with van der Waals surface area (Å²) >= 11 is 0. The monoisotopic (exact) mass is 288 g/mol. The van der Waals surface area contributed by atoms with Crippen LogP contribution in [0.3, 0.4) is 0 Å². The van der Waals surface area contributed by atoms with E-state index in [9.17, 15) is 4.79 Å². The van der Waals surface area contributed by atoms with Gasteiger partial charge in [-0.05, 0) is 50.6 Å². The lowest BCUT2D eigenvalue weighted by molar-refractivity contribution is 0.0779. The number of benzene rings is 1. The number of hydrogen-bond donors (Lipinski definition) is 0. The summed E-state index contributed by atoms with van der Waals surface area (Å²) in [4.78, 5) is 17.1. The second kappa shape index (κ2) is 5.22. The van der Waals surface area contributed by atoms with Gasteiger partial charge in [-0.2, -0.15) is 0 Å². The number of carbonyl (C=O) groups excluding carboxylic acids is 1. The van der Waals surface area contributed by atoms with Crippen LogP contribution in [-0.2, 0) is 0 Å². The molecule has 0 spiro atoms. The second-order valence-corrected chi connectivity index (χ2v) is 6.00. The van der Waals surface area contributed by atoms with Crippen molar-refractivity contribution in [1.82, 2.24) is 9.80 Å². The zero-order valence-corrected chi connectivity index (χ0v) is 12.1. The molecule has 3 aliphatic rings. The van der Waals surface area contributed by atoms with Gasteiger partial charge in [0.05, 0.1) is 0 Å². The normalized spacial score (nSPS) is 24.8. The van der Waals surface area contributed by atoms with Crippen LogP contribution in [-0.4, -0.2) is 54.7 Å². The first-order valence-corrected chi connectivity index (χ1v) is 7.74. The van der Waals surface area contributed by atoms with Crippen LogP contribution in [0.5, 0.6) is 11.5 Å². The number of likely N-dealkylation sites (tertiary alicyclic amines) is 2. The Labute approximate surface area is 124 Å². The molecule has 1 amide bonds. The molecular weight excluding hydrogens is 268 g/mol. The van der Waals surface area contributed by atoms with Gasteiger partial charge in [0, 0.05) is 24.7 Å². The molecule has 112 valence electrons. The first-order chi connectivity index (χ1) is 10.3. The molecule has 1 aromatic rings. The van der Waals surface area contributed by atoms with E-state index in [-0.39, 0.29) is 12.7 Å². The van der Waals surface area contributed by atoms with Gasteiger partial charge in [-0.3, -0.25) is 9.69 Å². The average Bonchev–Trinajstić information content (AvgIpc) is 3.24. The highest BCUT2D eigenvalue weighted by Gasteiger charge is 2.32. The lowest BCUT2D eigenvalue weighted by Crippen LogP contribution is -2.37. The van der Waals surface area contributed by atoms with Crippen molar-refractivity contribution in [2.75, 3.05) is 33.0 Å². The van der Waals surface area contributed by atoms with Gasteiger partial charge in [-0.15, -0.1) is 0 Å². The molecule has 4 rings (SSSR count). The van der Waals surface area contributed by atoms with Crippen molar-refractivity contribution in [1.29, 1.82) is 0 Å². The summed E-state index contributed by atoms with van der Waals surface area (Å²) < 4.78 is 10.6. The van der Waals surface area contributed by atoms with Crippen LogP contribution in [0.4, 0.5) is 0 Å². The van der Waals surface area contributed by atoms with Crippen molar-refractivity contribution >= 4 is 5.91 Å². The van der Waals surface area contributed by atoms with Crippen LogP contribution in [0.1, 0.15) is 29.6 Å². The molecule has 5 heteroatoms. The lowest BCUT2D eigenvalue weighted by Gasteiger charge is -2.23. The van der Waals surface area contributed by atoms with Crippen molar-refractivity contribution in [3.05, 3.63) is 23.8 Å². The van der Waals surface area contributed by atoms with E-state index in [0.29, 0.717) is 17.4 Å². The fourth-order valence-corrected chi connectivity index (χ4v) is 3.54. The van der Waals surface area contributed by atoms with E-state index in [2.05, 4.69) is 4.90 Å². The lowest BCUT2D eigenvalue weighted by atomic mass is 10.2. The van der Waals surface area contributed by atoms with Crippen LogP contribution in [0.2, 0.25) is 0 Å². The Balaban J connectivity index is 1.45. The van der Waals surface area contributed by atoms with E-state index in [1.54, 1.807) is 6.07 Å². The molecule has 0 aromatic heterocycles. The number of amides is 1. The quantitative estimate of drug-likeness (QED) is 0.831. The Morgan fingerprint density at radius 2 is 1.90 bits per heavy atom. The summed E-state index contributed by atoms with van der Waals surface area (Å²) in [5.74, 6) is 1.51. The third-order valence-corrected chi connectivity index (χ3v) is 4.73. The second-order valence-electron chi connectivity index (χ2n) is 6.00. The molecule has 0 radical (unpaired) electrons. The van der Waals surface area contributed by atoms with E-state index >= 15 is 0 Å². The van der Waals surface area contributed by atoms with Gasteiger partial charge in [0.15, 0.2) is 11.5 Å². The summed E-state index contributed by atoms with van der Waals surface area (Å²) in [5.41, 5.74) is 0.696. The number of fused-ring (bicyclic) bond motifs is 1. The Hall–Kier alpha value is -1.75. The Morgan fingerprint density at radius 1 is 1.10 bits per heavy atom. The Kier molecular flexibility index (Phi) is 3.22. The summed E-state index contributed by atoms with van der Waals surface area (Å²) in [6.07, 6.45) is 3.69. The molecule has 0 saturated carbocycles. The maximum atomic E-state index is 12.6. The van der Waals surface area contributed by atoms with Crippen LogP contribution >= 0.6 is 0 Å². The van der Waals surface area contributed by atoms with Gasteiger partial charge in [0.2, 0.25) is 6.79 Å². The molecule has 5 nitrogen and oxygen atoms in total. The van der Waals surface area contributed by atoms with Gasteiger partial charge in [-0.25, -0.2) is 0 Å². The van der Waals surface area contributed by atoms with Gasteiger partial charge < -0.3 is 14.4 Å². The predicted octanol–water partition coefficient (Wildman–Crippen LogP) is 1.73. The average molecular weight is 288 g/mol. The molecule has 21 heavy (non-hydrogen) atoms. The number of carbonyl (C=O) groups is 1. The van der Waals surface area contributed by atoms with Gasteiger partial charge in [0.1, 0.15) is 0 Å². The smallest absolute Gasteiger partial charge is 0.254 e. The molecule has 2 fully saturated rings. The SMILES string of the molecule is O=C(c1ccc2c(c1)OCO2)N1CCC(N2CCCC2)C1. The third-order valence-electron chi connectivity index (χ3n) is 4.73. The summed E-state index contributed by atoms with van der Waals surface area (Å²) in [7, 11) is 0. The molecule has 3 heterocycles. The largest absolute Gasteiger partial charge is 0.454 e. The molecule has 0 N–H and O–H groups in total. The van der Waals surface area contributed by atoms with Crippen molar-refractivity contribution in [2.24, 2.45) is 0 Å². The topological polar surface area (TPSA) is 42.0 Å². The standard InChI is InChI=1S/C16H20N2O3/c19-16(12-3-4-14-15(9-12)21-11-20-14)18-8-5-13(10-18)17-6-1-2-7-17/h3-4,9,13H,1-2,5-8,10-11H2. The number of hydrogen-bond acceptors (Lipinski definition) is 4. The minimum atomic E-state index is 0.106. The summed E-state index contributed by atoms with van der Waals surface area (Å²) in [6, 6.07) is 6.00. The van der Waals surface area contributed by atoms with Gasteiger partial charge in [0.25, 0.3) is 5.91 Å². The minimum absolute atomic E-state index is 0.106. The highest BCUT2D eigenvalue weighted by Crippen LogP contribution is 2.33. The third kappa shape index (κ3) is 2.35. The maximum absolute atomic E-state index is 12.6. The first-order valence-electron chi connectivity index (χ1n) is 7.74. The summed E-state index contributed by atoms with van der Waals surface area (Å²) in [6.45, 7) is 4.34. The van der Waals surface area contributed by atoms with Crippen molar-refractivity contribution in [3.63, 3.8) is 0 Å². The predicted molar refractivity (Wildman–Crippen MR) is 77.7 cm³/mol. The molecule has 0 aliphatic carbocycles. The van der Waals surface area contributed by atoms with Crippen LogP contribution in [0, 0.1) is 0 Å². The molecule has 2 saturated heterocycles. The van der Waals surface area contributed by atoms with E-state index < -0.39 is 0 Å².